The van der Waals surface area contributed by atoms with Gasteiger partial charge in [-0.05, 0) is 42.8 Å². The summed E-state index contributed by atoms with van der Waals surface area (Å²) in [5, 5.41) is -0.454. The molecule has 1 amide bonds. The molecule has 0 aliphatic rings. The minimum Gasteiger partial charge on any atom is -0.307 e. The summed E-state index contributed by atoms with van der Waals surface area (Å²) < 4.78 is 52.9. The Morgan fingerprint density at radius 2 is 1.96 bits per heavy atom. The van der Waals surface area contributed by atoms with Crippen LogP contribution in [0.3, 0.4) is 0 Å². The zero-order chi connectivity index (χ0) is 20.2. The van der Waals surface area contributed by atoms with Crippen LogP contribution in [0.1, 0.15) is 22.9 Å². The lowest BCUT2D eigenvalue weighted by Crippen LogP contribution is -2.34. The van der Waals surface area contributed by atoms with E-state index in [4.69, 9.17) is 11.6 Å². The number of hydrogen-bond donors (Lipinski definition) is 0. The highest BCUT2D eigenvalue weighted by atomic mass is 79.9. The fourth-order valence-corrected chi connectivity index (χ4v) is 3.13. The molecule has 1 atom stereocenters. The smallest absolute Gasteiger partial charge is 0.307 e. The van der Waals surface area contributed by atoms with Gasteiger partial charge < -0.3 is 4.90 Å². The maximum absolute atomic E-state index is 13.4. The zero-order valence-electron chi connectivity index (χ0n) is 14.1. The van der Waals surface area contributed by atoms with Gasteiger partial charge in [0.1, 0.15) is 10.6 Å². The summed E-state index contributed by atoms with van der Waals surface area (Å²) in [4.78, 5) is 13.2. The normalized spacial score (nSPS) is 13.0. The van der Waals surface area contributed by atoms with Crippen LogP contribution in [0.2, 0.25) is 5.02 Å². The fraction of sp³-hybridized carbons (Fsp3) is 0.211. The topological polar surface area (TPSA) is 20.3 Å². The number of carbonyl (C=O) groups is 1. The van der Waals surface area contributed by atoms with Gasteiger partial charge in [0.15, 0.2) is 0 Å². The lowest BCUT2D eigenvalue weighted by Gasteiger charge is -2.25. The number of halogens is 6. The molecule has 0 radical (unpaired) electrons. The van der Waals surface area contributed by atoms with E-state index in [-0.39, 0.29) is 12.2 Å². The van der Waals surface area contributed by atoms with Crippen LogP contribution in [0, 0.1) is 5.82 Å². The number of alkyl halides is 4. The molecule has 1 unspecified atom stereocenters. The van der Waals surface area contributed by atoms with Crippen LogP contribution < -0.4 is 4.90 Å². The van der Waals surface area contributed by atoms with Crippen LogP contribution >= 0.6 is 27.5 Å². The van der Waals surface area contributed by atoms with E-state index in [2.05, 4.69) is 15.9 Å². The molecule has 0 aliphatic heterocycles. The Morgan fingerprint density at radius 1 is 1.26 bits per heavy atom. The largest absolute Gasteiger partial charge is 0.417 e. The summed E-state index contributed by atoms with van der Waals surface area (Å²) in [5.41, 5.74) is -0.636. The third kappa shape index (κ3) is 5.32. The number of benzene rings is 2. The number of allylic oxidation sites excluding steroid dienone is 1. The number of hydrogen-bond acceptors (Lipinski definition) is 1. The molecular weight excluding hydrogens is 450 g/mol. The molecule has 0 heterocycles. The van der Waals surface area contributed by atoms with Crippen LogP contribution in [0.5, 0.6) is 0 Å². The second-order valence-electron chi connectivity index (χ2n) is 5.60. The quantitative estimate of drug-likeness (QED) is 0.279. The monoisotopic (exact) mass is 463 g/mol. The molecule has 8 heteroatoms. The summed E-state index contributed by atoms with van der Waals surface area (Å²) in [6, 6.07) is 8.69. The summed E-state index contributed by atoms with van der Waals surface area (Å²) >= 11 is 8.87. The number of anilines is 1. The molecular formula is C19H15BrClF4NO. The van der Waals surface area contributed by atoms with E-state index in [1.165, 1.54) is 29.2 Å². The second-order valence-corrected chi connectivity index (χ2v) is 6.92. The average molecular weight is 465 g/mol. The van der Waals surface area contributed by atoms with Crippen molar-refractivity contribution in [1.82, 2.24) is 0 Å². The lowest BCUT2D eigenvalue weighted by atomic mass is 10.1. The van der Waals surface area contributed by atoms with Crippen LogP contribution in [0.4, 0.5) is 23.2 Å². The van der Waals surface area contributed by atoms with Gasteiger partial charge in [0.25, 0.3) is 0 Å². The minimum atomic E-state index is -4.65. The van der Waals surface area contributed by atoms with E-state index in [0.29, 0.717) is 5.56 Å². The first kappa shape index (κ1) is 21.4. The first-order chi connectivity index (χ1) is 12.6. The van der Waals surface area contributed by atoms with Crippen molar-refractivity contribution in [1.29, 1.82) is 0 Å². The molecule has 0 saturated heterocycles. The first-order valence-electron chi connectivity index (χ1n) is 7.84. The van der Waals surface area contributed by atoms with Crippen molar-refractivity contribution in [3.05, 3.63) is 76.6 Å². The molecule has 2 rings (SSSR count). The second kappa shape index (κ2) is 8.89. The first-order valence-corrected chi connectivity index (χ1v) is 9.13. The Kier molecular flexibility index (Phi) is 7.06. The molecule has 0 bridgehead atoms. The Hall–Kier alpha value is -1.86. The Labute approximate surface area is 167 Å². The molecule has 2 aromatic carbocycles. The SMILES string of the molecule is CC=CCN(C(=O)C(Br)c1cccc(F)c1)c1ccc(Cl)c(C(F)(F)F)c1. The summed E-state index contributed by atoms with van der Waals surface area (Å²) in [6.45, 7) is 1.77. The predicted octanol–water partition coefficient (Wildman–Crippen LogP) is 6.54. The van der Waals surface area contributed by atoms with Gasteiger partial charge in [0, 0.05) is 12.2 Å². The van der Waals surface area contributed by atoms with Crippen LogP contribution in [0.25, 0.3) is 0 Å². The molecule has 2 aromatic rings. The van der Waals surface area contributed by atoms with E-state index >= 15 is 0 Å². The Morgan fingerprint density at radius 3 is 2.56 bits per heavy atom. The van der Waals surface area contributed by atoms with Crippen molar-refractivity contribution < 1.29 is 22.4 Å². The van der Waals surface area contributed by atoms with Gasteiger partial charge in [0.2, 0.25) is 5.91 Å². The highest BCUT2D eigenvalue weighted by Gasteiger charge is 2.34. The van der Waals surface area contributed by atoms with Crippen molar-refractivity contribution in [3.63, 3.8) is 0 Å². The number of rotatable bonds is 5. The lowest BCUT2D eigenvalue weighted by molar-refractivity contribution is -0.137. The van der Waals surface area contributed by atoms with Crippen molar-refractivity contribution in [2.24, 2.45) is 0 Å². The molecule has 0 N–H and O–H groups in total. The maximum atomic E-state index is 13.4. The predicted molar refractivity (Wildman–Crippen MR) is 102 cm³/mol. The van der Waals surface area contributed by atoms with E-state index in [1.807, 2.05) is 0 Å². The van der Waals surface area contributed by atoms with E-state index in [9.17, 15) is 22.4 Å². The van der Waals surface area contributed by atoms with Gasteiger partial charge in [-0.1, -0.05) is 51.8 Å². The standard InChI is InChI=1S/C19H15BrClF4NO/c1-2-3-9-26(14-7-8-16(21)15(11-14)19(23,24)25)18(27)17(20)12-5-4-6-13(22)10-12/h2-8,10-11,17H,9H2,1H3. The van der Waals surface area contributed by atoms with Crippen LogP contribution in [-0.2, 0) is 11.0 Å². The summed E-state index contributed by atoms with van der Waals surface area (Å²) in [6.07, 6.45) is -1.35. The number of amides is 1. The van der Waals surface area contributed by atoms with Gasteiger partial charge in [-0.3, -0.25) is 4.79 Å². The van der Waals surface area contributed by atoms with Crippen LogP contribution in [0.15, 0.2) is 54.6 Å². The third-order valence-electron chi connectivity index (χ3n) is 3.71. The van der Waals surface area contributed by atoms with Gasteiger partial charge in [-0.25, -0.2) is 4.39 Å². The van der Waals surface area contributed by atoms with Gasteiger partial charge >= 0.3 is 6.18 Å². The molecule has 0 aliphatic carbocycles. The van der Waals surface area contributed by atoms with Gasteiger partial charge in [-0.2, -0.15) is 13.2 Å². The highest BCUT2D eigenvalue weighted by molar-refractivity contribution is 9.09. The number of carbonyl (C=O) groups excluding carboxylic acids is 1. The Balaban J connectivity index is 2.44. The van der Waals surface area contributed by atoms with Crippen molar-refractivity contribution in [3.8, 4) is 0 Å². The molecule has 144 valence electrons. The fourth-order valence-electron chi connectivity index (χ4n) is 2.38. The molecule has 27 heavy (non-hydrogen) atoms. The molecule has 2 nitrogen and oxygen atoms in total. The van der Waals surface area contributed by atoms with Crippen molar-refractivity contribution >= 4 is 39.1 Å². The summed E-state index contributed by atoms with van der Waals surface area (Å²) in [5.74, 6) is -1.05. The molecule has 0 aromatic heterocycles. The van der Waals surface area contributed by atoms with Crippen LogP contribution in [-0.4, -0.2) is 12.5 Å². The van der Waals surface area contributed by atoms with Gasteiger partial charge in [-0.15, -0.1) is 0 Å². The van der Waals surface area contributed by atoms with E-state index < -0.39 is 33.3 Å². The van der Waals surface area contributed by atoms with E-state index in [1.54, 1.807) is 25.1 Å². The van der Waals surface area contributed by atoms with Crippen molar-refractivity contribution in [2.45, 2.75) is 17.9 Å². The minimum absolute atomic E-state index is 0.0377. The molecule has 0 fully saturated rings. The third-order valence-corrected chi connectivity index (χ3v) is 4.96. The van der Waals surface area contributed by atoms with Crippen molar-refractivity contribution in [2.75, 3.05) is 11.4 Å². The molecule has 0 saturated carbocycles. The zero-order valence-corrected chi connectivity index (χ0v) is 16.4. The van der Waals surface area contributed by atoms with Gasteiger partial charge in [0.05, 0.1) is 10.6 Å². The molecule has 0 spiro atoms. The van der Waals surface area contributed by atoms with E-state index in [0.717, 1.165) is 12.1 Å². The highest BCUT2D eigenvalue weighted by Crippen LogP contribution is 2.38. The maximum Gasteiger partial charge on any atom is 0.417 e. The number of nitrogens with zero attached hydrogens (tertiary/aromatic N) is 1. The average Bonchev–Trinajstić information content (AvgIpc) is 2.61. The Bertz CT molecular complexity index is 854. The summed E-state index contributed by atoms with van der Waals surface area (Å²) in [7, 11) is 0.